The van der Waals surface area contributed by atoms with Gasteiger partial charge in [-0.2, -0.15) is 0 Å². The lowest BCUT2D eigenvalue weighted by atomic mass is 10.2. The zero-order chi connectivity index (χ0) is 12.3. The molecule has 2 rings (SSSR count). The van der Waals surface area contributed by atoms with Gasteiger partial charge in [0.25, 0.3) is 0 Å². The molecule has 1 saturated carbocycles. The standard InChI is InChI=1S/C12H16IN3O/c1-8-6-7-14-12(11(8)13)16-15-10(17)5-4-9-2-3-9/h6-7,9H,2-5H2,1H3,(H,14,16)(H,15,17). The molecule has 1 aliphatic carbocycles. The van der Waals surface area contributed by atoms with Gasteiger partial charge in [-0.3, -0.25) is 15.6 Å². The van der Waals surface area contributed by atoms with Gasteiger partial charge in [-0.25, -0.2) is 4.98 Å². The van der Waals surface area contributed by atoms with Gasteiger partial charge in [0.05, 0.1) is 3.57 Å². The van der Waals surface area contributed by atoms with Crippen LogP contribution in [0.25, 0.3) is 0 Å². The van der Waals surface area contributed by atoms with E-state index >= 15 is 0 Å². The van der Waals surface area contributed by atoms with Gasteiger partial charge in [0.15, 0.2) is 5.82 Å². The molecule has 0 saturated heterocycles. The lowest BCUT2D eigenvalue weighted by Crippen LogP contribution is -2.30. The van der Waals surface area contributed by atoms with Crippen LogP contribution in [0, 0.1) is 16.4 Å². The van der Waals surface area contributed by atoms with Gasteiger partial charge in [-0.1, -0.05) is 12.8 Å². The monoisotopic (exact) mass is 345 g/mol. The van der Waals surface area contributed by atoms with Crippen molar-refractivity contribution in [2.75, 3.05) is 5.43 Å². The summed E-state index contributed by atoms with van der Waals surface area (Å²) in [7, 11) is 0. The van der Waals surface area contributed by atoms with Crippen LogP contribution in [0.4, 0.5) is 5.82 Å². The molecule has 0 radical (unpaired) electrons. The minimum absolute atomic E-state index is 0.0380. The van der Waals surface area contributed by atoms with Crippen LogP contribution in [-0.4, -0.2) is 10.9 Å². The smallest absolute Gasteiger partial charge is 0.238 e. The fourth-order valence-electron chi connectivity index (χ4n) is 1.56. The normalized spacial score (nSPS) is 14.5. The first kappa shape index (κ1) is 12.6. The first-order valence-electron chi connectivity index (χ1n) is 5.83. The van der Waals surface area contributed by atoms with Crippen molar-refractivity contribution in [1.82, 2.24) is 10.4 Å². The van der Waals surface area contributed by atoms with E-state index in [9.17, 15) is 4.79 Å². The Bertz CT molecular complexity index is 418. The molecule has 92 valence electrons. The van der Waals surface area contributed by atoms with E-state index in [-0.39, 0.29) is 5.91 Å². The van der Waals surface area contributed by atoms with Crippen LogP contribution < -0.4 is 10.9 Å². The first-order chi connectivity index (χ1) is 8.16. The molecule has 0 spiro atoms. The lowest BCUT2D eigenvalue weighted by Gasteiger charge is -2.10. The zero-order valence-electron chi connectivity index (χ0n) is 9.79. The van der Waals surface area contributed by atoms with Gasteiger partial charge in [0, 0.05) is 12.6 Å². The summed E-state index contributed by atoms with van der Waals surface area (Å²) in [4.78, 5) is 15.7. The topological polar surface area (TPSA) is 54.0 Å². The highest BCUT2D eigenvalue weighted by Crippen LogP contribution is 2.33. The molecule has 2 N–H and O–H groups in total. The van der Waals surface area contributed by atoms with Crippen molar-refractivity contribution in [2.24, 2.45) is 5.92 Å². The minimum atomic E-state index is 0.0380. The Kier molecular flexibility index (Phi) is 4.20. The van der Waals surface area contributed by atoms with E-state index in [0.29, 0.717) is 12.2 Å². The maximum absolute atomic E-state index is 11.5. The largest absolute Gasteiger partial charge is 0.281 e. The third kappa shape index (κ3) is 3.83. The number of aryl methyl sites for hydroxylation is 1. The number of hydrogen-bond acceptors (Lipinski definition) is 3. The van der Waals surface area contributed by atoms with Gasteiger partial charge in [-0.15, -0.1) is 0 Å². The Hall–Kier alpha value is -0.850. The first-order valence-corrected chi connectivity index (χ1v) is 6.90. The molecular weight excluding hydrogens is 329 g/mol. The summed E-state index contributed by atoms with van der Waals surface area (Å²) < 4.78 is 1.03. The summed E-state index contributed by atoms with van der Waals surface area (Å²) in [6.45, 7) is 2.02. The fourth-order valence-corrected chi connectivity index (χ4v) is 2.01. The van der Waals surface area contributed by atoms with Crippen LogP contribution >= 0.6 is 22.6 Å². The average Bonchev–Trinajstić information content (AvgIpc) is 3.12. The summed E-state index contributed by atoms with van der Waals surface area (Å²) in [5.74, 6) is 1.54. The van der Waals surface area contributed by atoms with Crippen LogP contribution in [-0.2, 0) is 4.79 Å². The van der Waals surface area contributed by atoms with Crippen molar-refractivity contribution in [1.29, 1.82) is 0 Å². The van der Waals surface area contributed by atoms with Crippen LogP contribution in [0.3, 0.4) is 0 Å². The molecule has 1 fully saturated rings. The van der Waals surface area contributed by atoms with Gasteiger partial charge in [-0.05, 0) is 53.5 Å². The maximum Gasteiger partial charge on any atom is 0.238 e. The van der Waals surface area contributed by atoms with E-state index in [1.54, 1.807) is 6.20 Å². The Morgan fingerprint density at radius 2 is 2.35 bits per heavy atom. The van der Waals surface area contributed by atoms with Gasteiger partial charge in [0.2, 0.25) is 5.91 Å². The second kappa shape index (κ2) is 5.66. The number of carbonyl (C=O) groups is 1. The maximum atomic E-state index is 11.5. The molecular formula is C12H16IN3O. The number of rotatable bonds is 5. The molecule has 0 aromatic carbocycles. The number of amides is 1. The predicted molar refractivity (Wildman–Crippen MR) is 75.4 cm³/mol. The second-order valence-corrected chi connectivity index (χ2v) is 5.52. The molecule has 4 nitrogen and oxygen atoms in total. The van der Waals surface area contributed by atoms with E-state index in [1.165, 1.54) is 12.8 Å². The average molecular weight is 345 g/mol. The quantitative estimate of drug-likeness (QED) is 0.637. The van der Waals surface area contributed by atoms with Crippen molar-refractivity contribution in [2.45, 2.75) is 32.6 Å². The van der Waals surface area contributed by atoms with E-state index in [1.807, 2.05) is 13.0 Å². The van der Waals surface area contributed by atoms with Crippen LogP contribution in [0.5, 0.6) is 0 Å². The Balaban J connectivity index is 1.79. The van der Waals surface area contributed by atoms with Gasteiger partial charge < -0.3 is 0 Å². The van der Waals surface area contributed by atoms with Crippen LogP contribution in [0.1, 0.15) is 31.2 Å². The molecule has 0 atom stereocenters. The SMILES string of the molecule is Cc1ccnc(NNC(=O)CCC2CC2)c1I. The molecule has 0 bridgehead atoms. The highest BCUT2D eigenvalue weighted by Gasteiger charge is 2.21. The predicted octanol–water partition coefficient (Wildman–Crippen LogP) is 2.63. The zero-order valence-corrected chi connectivity index (χ0v) is 12.0. The third-order valence-electron chi connectivity index (χ3n) is 2.88. The van der Waals surface area contributed by atoms with E-state index in [2.05, 4.69) is 38.4 Å². The minimum Gasteiger partial charge on any atom is -0.281 e. The molecule has 17 heavy (non-hydrogen) atoms. The molecule has 1 amide bonds. The molecule has 0 aliphatic heterocycles. The number of nitrogens with one attached hydrogen (secondary N) is 2. The Morgan fingerprint density at radius 3 is 3.06 bits per heavy atom. The summed E-state index contributed by atoms with van der Waals surface area (Å²) in [5.41, 5.74) is 6.72. The van der Waals surface area contributed by atoms with Crippen molar-refractivity contribution >= 4 is 34.3 Å². The molecule has 1 aliphatic rings. The highest BCUT2D eigenvalue weighted by molar-refractivity contribution is 14.1. The summed E-state index contributed by atoms with van der Waals surface area (Å²) in [6, 6.07) is 1.95. The van der Waals surface area contributed by atoms with E-state index in [4.69, 9.17) is 0 Å². The summed E-state index contributed by atoms with van der Waals surface area (Å²) in [6.07, 6.45) is 5.91. The Morgan fingerprint density at radius 1 is 1.59 bits per heavy atom. The highest BCUT2D eigenvalue weighted by atomic mass is 127. The number of hydrazine groups is 1. The number of pyridine rings is 1. The fraction of sp³-hybridized carbons (Fsp3) is 0.500. The molecule has 1 heterocycles. The van der Waals surface area contributed by atoms with Crippen molar-refractivity contribution < 1.29 is 4.79 Å². The number of anilines is 1. The van der Waals surface area contributed by atoms with E-state index in [0.717, 1.165) is 21.5 Å². The van der Waals surface area contributed by atoms with Crippen LogP contribution in [0.15, 0.2) is 12.3 Å². The second-order valence-electron chi connectivity index (χ2n) is 4.45. The van der Waals surface area contributed by atoms with Crippen LogP contribution in [0.2, 0.25) is 0 Å². The van der Waals surface area contributed by atoms with Crippen molar-refractivity contribution in [3.8, 4) is 0 Å². The molecule has 1 aromatic rings. The third-order valence-corrected chi connectivity index (χ3v) is 4.24. The number of hydrogen-bond donors (Lipinski definition) is 2. The number of halogens is 1. The lowest BCUT2D eigenvalue weighted by molar-refractivity contribution is -0.120. The Labute approximate surface area is 115 Å². The number of nitrogens with zero attached hydrogens (tertiary/aromatic N) is 1. The van der Waals surface area contributed by atoms with Crippen molar-refractivity contribution in [3.05, 3.63) is 21.4 Å². The van der Waals surface area contributed by atoms with Gasteiger partial charge >= 0.3 is 0 Å². The summed E-state index contributed by atoms with van der Waals surface area (Å²) in [5, 5.41) is 0. The number of carbonyl (C=O) groups excluding carboxylic acids is 1. The molecule has 1 aromatic heterocycles. The van der Waals surface area contributed by atoms with E-state index < -0.39 is 0 Å². The molecule has 5 heteroatoms. The summed E-state index contributed by atoms with van der Waals surface area (Å²) >= 11 is 2.22. The van der Waals surface area contributed by atoms with Crippen molar-refractivity contribution in [3.63, 3.8) is 0 Å². The number of aromatic nitrogens is 1. The van der Waals surface area contributed by atoms with Gasteiger partial charge in [0.1, 0.15) is 0 Å². The molecule has 0 unspecified atom stereocenters.